The molecule has 0 bridgehead atoms. The number of carbonyl (C=O) groups is 1. The van der Waals surface area contributed by atoms with Gasteiger partial charge in [-0.2, -0.15) is 0 Å². The van der Waals surface area contributed by atoms with Gasteiger partial charge in [-0.15, -0.1) is 24.0 Å². The van der Waals surface area contributed by atoms with Crippen LogP contribution in [0.25, 0.3) is 0 Å². The summed E-state index contributed by atoms with van der Waals surface area (Å²) >= 11 is 0. The highest BCUT2D eigenvalue weighted by molar-refractivity contribution is 14.0. The van der Waals surface area contributed by atoms with E-state index >= 15 is 0 Å². The van der Waals surface area contributed by atoms with Crippen molar-refractivity contribution in [3.05, 3.63) is 0 Å². The van der Waals surface area contributed by atoms with E-state index in [-0.39, 0.29) is 47.9 Å². The third-order valence-electron chi connectivity index (χ3n) is 6.60. The standard InChI is InChI=1S/C22H41N5O3.HI/c1-26(2)20(28)16-24-21(23-15-19-7-6-12-30-19)25-17-22(8-4-3-5-9-22)18-27-10-13-29-14-11-27;/h19H,3-18H2,1-2H3,(H2,23,24,25);1H. The summed E-state index contributed by atoms with van der Waals surface area (Å²) in [7, 11) is 3.54. The maximum absolute atomic E-state index is 12.1. The molecule has 31 heavy (non-hydrogen) atoms. The summed E-state index contributed by atoms with van der Waals surface area (Å²) in [5, 5.41) is 7.02. The van der Waals surface area contributed by atoms with Gasteiger partial charge in [-0.3, -0.25) is 9.69 Å². The first-order chi connectivity index (χ1) is 14.6. The summed E-state index contributed by atoms with van der Waals surface area (Å²) in [4.78, 5) is 20.8. The van der Waals surface area contributed by atoms with Crippen molar-refractivity contribution in [2.45, 2.75) is 51.0 Å². The number of morpholine rings is 1. The predicted molar refractivity (Wildman–Crippen MR) is 134 cm³/mol. The fourth-order valence-corrected chi connectivity index (χ4v) is 4.68. The largest absolute Gasteiger partial charge is 0.379 e. The Bertz CT molecular complexity index is 557. The summed E-state index contributed by atoms with van der Waals surface area (Å²) in [6.45, 7) is 7.46. The van der Waals surface area contributed by atoms with Crippen LogP contribution in [-0.4, -0.2) is 101 Å². The van der Waals surface area contributed by atoms with Crippen molar-refractivity contribution in [1.29, 1.82) is 0 Å². The Morgan fingerprint density at radius 1 is 1.10 bits per heavy atom. The highest BCUT2D eigenvalue weighted by Gasteiger charge is 2.34. The second kappa shape index (κ2) is 13.8. The lowest BCUT2D eigenvalue weighted by Gasteiger charge is -2.42. The molecule has 1 unspecified atom stereocenters. The molecule has 8 nitrogen and oxygen atoms in total. The maximum atomic E-state index is 12.1. The molecule has 9 heteroatoms. The molecule has 0 aromatic rings. The zero-order chi connectivity index (χ0) is 21.2. The third-order valence-corrected chi connectivity index (χ3v) is 6.60. The number of guanidine groups is 1. The maximum Gasteiger partial charge on any atom is 0.243 e. The Balaban J connectivity index is 0.00000341. The summed E-state index contributed by atoms with van der Waals surface area (Å²) in [6.07, 6.45) is 8.84. The molecule has 0 spiro atoms. The second-order valence-electron chi connectivity index (χ2n) is 9.27. The molecule has 3 rings (SSSR count). The lowest BCUT2D eigenvalue weighted by atomic mass is 9.73. The first-order valence-electron chi connectivity index (χ1n) is 11.7. The molecule has 0 aromatic heterocycles. The molecule has 3 aliphatic rings. The minimum atomic E-state index is 0. The Labute approximate surface area is 204 Å². The van der Waals surface area contributed by atoms with Crippen molar-refractivity contribution in [2.24, 2.45) is 10.4 Å². The molecular weight excluding hydrogens is 509 g/mol. The number of likely N-dealkylation sites (N-methyl/N-ethyl adjacent to an activating group) is 1. The third kappa shape index (κ3) is 9.01. The molecule has 2 saturated heterocycles. The van der Waals surface area contributed by atoms with Gasteiger partial charge >= 0.3 is 0 Å². The molecule has 1 aliphatic carbocycles. The van der Waals surface area contributed by atoms with E-state index in [4.69, 9.17) is 9.47 Å². The van der Waals surface area contributed by atoms with E-state index in [9.17, 15) is 4.79 Å². The number of halogens is 1. The van der Waals surface area contributed by atoms with Gasteiger partial charge in [-0.25, -0.2) is 4.99 Å². The number of nitrogens with zero attached hydrogens (tertiary/aromatic N) is 3. The highest BCUT2D eigenvalue weighted by atomic mass is 127. The molecule has 2 aliphatic heterocycles. The fraction of sp³-hybridized carbons (Fsp3) is 0.909. The lowest BCUT2D eigenvalue weighted by molar-refractivity contribution is -0.127. The first kappa shape index (κ1) is 26.6. The predicted octanol–water partition coefficient (Wildman–Crippen LogP) is 1.69. The average Bonchev–Trinajstić information content (AvgIpc) is 3.28. The summed E-state index contributed by atoms with van der Waals surface area (Å²) in [5.74, 6) is 0.738. The minimum Gasteiger partial charge on any atom is -0.379 e. The fourth-order valence-electron chi connectivity index (χ4n) is 4.68. The Kier molecular flexibility index (Phi) is 11.8. The zero-order valence-electron chi connectivity index (χ0n) is 19.4. The molecule has 1 atom stereocenters. The number of hydrogen-bond acceptors (Lipinski definition) is 5. The number of hydrogen-bond donors (Lipinski definition) is 2. The van der Waals surface area contributed by atoms with Crippen LogP contribution in [0.4, 0.5) is 0 Å². The van der Waals surface area contributed by atoms with E-state index in [1.54, 1.807) is 19.0 Å². The Morgan fingerprint density at radius 2 is 1.84 bits per heavy atom. The van der Waals surface area contributed by atoms with Crippen molar-refractivity contribution < 1.29 is 14.3 Å². The van der Waals surface area contributed by atoms with Crippen LogP contribution in [-0.2, 0) is 14.3 Å². The molecule has 1 saturated carbocycles. The van der Waals surface area contributed by atoms with Gasteiger partial charge in [0.25, 0.3) is 0 Å². The van der Waals surface area contributed by atoms with Crippen molar-refractivity contribution in [3.8, 4) is 0 Å². The lowest BCUT2D eigenvalue weighted by Crippen LogP contribution is -2.51. The molecule has 180 valence electrons. The number of aliphatic imine (C=N–C) groups is 1. The van der Waals surface area contributed by atoms with Gasteiger partial charge in [-0.1, -0.05) is 19.3 Å². The number of nitrogens with one attached hydrogen (secondary N) is 2. The van der Waals surface area contributed by atoms with Crippen LogP contribution in [0.3, 0.4) is 0 Å². The SMILES string of the molecule is CN(C)C(=O)CN=C(NCC1CCCO1)NCC1(CN2CCOCC2)CCCCC1.I. The molecule has 0 aromatic carbocycles. The van der Waals surface area contributed by atoms with Gasteiger partial charge in [0.05, 0.1) is 19.3 Å². The van der Waals surface area contributed by atoms with Crippen LogP contribution in [0.15, 0.2) is 4.99 Å². The van der Waals surface area contributed by atoms with Crippen LogP contribution in [0.1, 0.15) is 44.9 Å². The topological polar surface area (TPSA) is 78.4 Å². The van der Waals surface area contributed by atoms with Gasteiger partial charge in [0.15, 0.2) is 5.96 Å². The zero-order valence-corrected chi connectivity index (χ0v) is 21.7. The Morgan fingerprint density at radius 3 is 2.48 bits per heavy atom. The van der Waals surface area contributed by atoms with Crippen molar-refractivity contribution in [2.75, 3.05) is 73.2 Å². The van der Waals surface area contributed by atoms with E-state index in [1.807, 2.05) is 0 Å². The van der Waals surface area contributed by atoms with E-state index in [1.165, 1.54) is 32.1 Å². The molecule has 1 amide bonds. The molecular formula is C22H42IN5O3. The van der Waals surface area contributed by atoms with E-state index in [0.717, 1.165) is 71.3 Å². The first-order valence-corrected chi connectivity index (χ1v) is 11.7. The average molecular weight is 552 g/mol. The van der Waals surface area contributed by atoms with Crippen LogP contribution in [0.5, 0.6) is 0 Å². The summed E-state index contributed by atoms with van der Waals surface area (Å²) in [5.41, 5.74) is 0.257. The normalized spacial score (nSPS) is 24.3. The number of carbonyl (C=O) groups excluding carboxylic acids is 1. The van der Waals surface area contributed by atoms with E-state index in [2.05, 4.69) is 20.5 Å². The Hall–Kier alpha value is -0.650. The van der Waals surface area contributed by atoms with E-state index in [0.29, 0.717) is 0 Å². The molecule has 3 fully saturated rings. The molecule has 2 N–H and O–H groups in total. The monoisotopic (exact) mass is 551 g/mol. The number of amides is 1. The van der Waals surface area contributed by atoms with Crippen molar-refractivity contribution >= 4 is 35.8 Å². The minimum absolute atomic E-state index is 0. The number of rotatable bonds is 8. The highest BCUT2D eigenvalue weighted by Crippen LogP contribution is 2.36. The van der Waals surface area contributed by atoms with Crippen molar-refractivity contribution in [1.82, 2.24) is 20.4 Å². The number of ether oxygens (including phenoxy) is 2. The summed E-state index contributed by atoms with van der Waals surface area (Å²) < 4.78 is 11.3. The van der Waals surface area contributed by atoms with Crippen LogP contribution >= 0.6 is 24.0 Å². The van der Waals surface area contributed by atoms with Crippen LogP contribution in [0, 0.1) is 5.41 Å². The quantitative estimate of drug-likeness (QED) is 0.272. The smallest absolute Gasteiger partial charge is 0.243 e. The molecule has 2 heterocycles. The van der Waals surface area contributed by atoms with E-state index < -0.39 is 0 Å². The van der Waals surface area contributed by atoms with Gasteiger partial charge in [0.1, 0.15) is 6.54 Å². The van der Waals surface area contributed by atoms with Gasteiger partial charge in [0.2, 0.25) is 5.91 Å². The van der Waals surface area contributed by atoms with Gasteiger partial charge < -0.3 is 25.0 Å². The summed E-state index contributed by atoms with van der Waals surface area (Å²) in [6, 6.07) is 0. The molecule has 0 radical (unpaired) electrons. The van der Waals surface area contributed by atoms with Crippen LogP contribution < -0.4 is 10.6 Å². The second-order valence-corrected chi connectivity index (χ2v) is 9.27. The van der Waals surface area contributed by atoms with Gasteiger partial charge in [0, 0.05) is 58.8 Å². The van der Waals surface area contributed by atoms with Crippen molar-refractivity contribution in [3.63, 3.8) is 0 Å². The van der Waals surface area contributed by atoms with Gasteiger partial charge in [-0.05, 0) is 25.7 Å². The van der Waals surface area contributed by atoms with Crippen LogP contribution in [0.2, 0.25) is 0 Å².